The monoisotopic (exact) mass is 578 g/mol. The van der Waals surface area contributed by atoms with Crippen LogP contribution in [0.5, 0.6) is 0 Å². The molecule has 1 aliphatic heterocycles. The van der Waals surface area contributed by atoms with Crippen LogP contribution in [0.1, 0.15) is 22.9 Å². The molecule has 1 N–H and O–H groups in total. The van der Waals surface area contributed by atoms with E-state index in [1.54, 1.807) is 0 Å². The first kappa shape index (κ1) is 25.4. The highest BCUT2D eigenvalue weighted by Crippen LogP contribution is 2.41. The molecule has 1 atom stereocenters. The lowest BCUT2D eigenvalue weighted by molar-refractivity contribution is 0.654. The lowest BCUT2D eigenvalue weighted by Crippen LogP contribution is -2.33. The van der Waals surface area contributed by atoms with Crippen molar-refractivity contribution in [1.82, 2.24) is 10.3 Å². The number of hydrogen-bond acceptors (Lipinski definition) is 5. The van der Waals surface area contributed by atoms with Crippen LogP contribution in [-0.2, 0) is 0 Å². The van der Waals surface area contributed by atoms with Gasteiger partial charge in [-0.3, -0.25) is 0 Å². The van der Waals surface area contributed by atoms with Crippen molar-refractivity contribution in [3.8, 4) is 11.1 Å². The number of pyridine rings is 1. The summed E-state index contributed by atoms with van der Waals surface area (Å²) in [5.41, 5.74) is 6.78. The lowest BCUT2D eigenvalue weighted by atomic mass is 9.92. The second-order valence-corrected chi connectivity index (χ2v) is 11.3. The highest BCUT2D eigenvalue weighted by Gasteiger charge is 2.24. The van der Waals surface area contributed by atoms with Gasteiger partial charge in [0.2, 0.25) is 5.71 Å². The number of aromatic nitrogens is 1. The Morgan fingerprint density at radius 1 is 0.578 bits per heavy atom. The highest BCUT2D eigenvalue weighted by atomic mass is 16.3. The van der Waals surface area contributed by atoms with Crippen LogP contribution in [0, 0.1) is 0 Å². The predicted octanol–water partition coefficient (Wildman–Crippen LogP) is 9.45. The van der Waals surface area contributed by atoms with E-state index < -0.39 is 0 Å². The maximum absolute atomic E-state index is 6.31. The van der Waals surface area contributed by atoms with Crippen LogP contribution in [0.25, 0.3) is 54.7 Å². The molecule has 45 heavy (non-hydrogen) atoms. The van der Waals surface area contributed by atoms with E-state index in [2.05, 4.69) is 113 Å². The second-order valence-electron chi connectivity index (χ2n) is 11.3. The largest absolute Gasteiger partial charge is 0.438 e. The Morgan fingerprint density at radius 2 is 1.27 bits per heavy atom. The Hall–Kier alpha value is -6.07. The molecule has 0 bridgehead atoms. The number of hydrogen-bond donors (Lipinski definition) is 1. The third-order valence-corrected chi connectivity index (χ3v) is 8.60. The minimum atomic E-state index is -0.328. The number of aliphatic imine (C=N–C) groups is 2. The summed E-state index contributed by atoms with van der Waals surface area (Å²) in [5, 5.41) is 10.3. The number of furan rings is 1. The summed E-state index contributed by atoms with van der Waals surface area (Å²) in [6.45, 7) is 0. The molecule has 0 spiro atoms. The summed E-state index contributed by atoms with van der Waals surface area (Å²) in [4.78, 5) is 14.7. The Bertz CT molecular complexity index is 2460. The molecule has 9 rings (SSSR count). The molecule has 3 heterocycles. The van der Waals surface area contributed by atoms with Gasteiger partial charge in [0.25, 0.3) is 0 Å². The molecule has 0 aliphatic carbocycles. The maximum atomic E-state index is 6.31. The molecule has 0 saturated carbocycles. The standard InChI is InChI=1S/C40H26N4O/c1-3-11-25(12-4-1)37-42-38(26-13-5-2-6-14-26)44-39(43-37)33-20-19-31(29-17-9-10-18-30(29)33)32-21-22-41-40-36(32)34-23-27-15-7-8-16-28(27)24-35(34)45-40/h1-24,39H,(H,42,43,44). The first-order chi connectivity index (χ1) is 22.3. The van der Waals surface area contributed by atoms with Crippen molar-refractivity contribution in [2.24, 2.45) is 9.98 Å². The number of benzene rings is 6. The Morgan fingerprint density at radius 3 is 2.07 bits per heavy atom. The van der Waals surface area contributed by atoms with Crippen molar-refractivity contribution in [2.45, 2.75) is 6.17 Å². The van der Waals surface area contributed by atoms with Crippen molar-refractivity contribution >= 4 is 55.3 Å². The topological polar surface area (TPSA) is 62.8 Å². The van der Waals surface area contributed by atoms with E-state index in [0.717, 1.165) is 66.2 Å². The number of nitrogens with one attached hydrogen (secondary N) is 1. The van der Waals surface area contributed by atoms with Crippen molar-refractivity contribution in [2.75, 3.05) is 0 Å². The fraction of sp³-hybridized carbons (Fsp3) is 0.0250. The van der Waals surface area contributed by atoms with Crippen LogP contribution >= 0.6 is 0 Å². The first-order valence-corrected chi connectivity index (χ1v) is 15.1. The molecule has 2 aromatic heterocycles. The van der Waals surface area contributed by atoms with E-state index >= 15 is 0 Å². The van der Waals surface area contributed by atoms with Crippen molar-refractivity contribution in [3.05, 3.63) is 162 Å². The van der Waals surface area contributed by atoms with Gasteiger partial charge in [0.1, 0.15) is 17.6 Å². The molecule has 0 saturated heterocycles. The molecule has 1 unspecified atom stereocenters. The van der Waals surface area contributed by atoms with E-state index in [1.807, 2.05) is 42.6 Å². The van der Waals surface area contributed by atoms with Gasteiger partial charge in [-0.2, -0.15) is 0 Å². The lowest BCUT2D eigenvalue weighted by Gasteiger charge is -2.25. The Labute approximate surface area is 259 Å². The SMILES string of the molecule is c1ccc(C2=NC(c3ccc(-c4ccnc5oc6cc7ccccc7cc6c45)c4ccccc34)NC(c3ccccc3)=N2)cc1. The molecule has 1 aliphatic rings. The zero-order valence-corrected chi connectivity index (χ0v) is 24.2. The van der Waals surface area contributed by atoms with Gasteiger partial charge >= 0.3 is 0 Å². The van der Waals surface area contributed by atoms with Gasteiger partial charge in [0.15, 0.2) is 5.84 Å². The zero-order valence-electron chi connectivity index (χ0n) is 24.2. The minimum Gasteiger partial charge on any atom is -0.438 e. The summed E-state index contributed by atoms with van der Waals surface area (Å²) in [5.74, 6) is 1.51. The van der Waals surface area contributed by atoms with Crippen LogP contribution in [0.2, 0.25) is 0 Å². The molecule has 0 radical (unpaired) electrons. The first-order valence-electron chi connectivity index (χ1n) is 15.1. The van der Waals surface area contributed by atoms with E-state index in [0.29, 0.717) is 11.5 Å². The normalized spacial score (nSPS) is 14.9. The summed E-state index contributed by atoms with van der Waals surface area (Å²) >= 11 is 0. The number of rotatable bonds is 4. The average Bonchev–Trinajstić information content (AvgIpc) is 3.48. The molecular formula is C40H26N4O. The number of amidine groups is 2. The number of fused-ring (bicyclic) bond motifs is 5. The van der Waals surface area contributed by atoms with Gasteiger partial charge in [-0.1, -0.05) is 121 Å². The minimum absolute atomic E-state index is 0.328. The molecule has 212 valence electrons. The average molecular weight is 579 g/mol. The molecule has 5 heteroatoms. The van der Waals surface area contributed by atoms with Crippen LogP contribution in [-0.4, -0.2) is 16.7 Å². The van der Waals surface area contributed by atoms with E-state index in [4.69, 9.17) is 14.4 Å². The molecule has 8 aromatic rings. The summed E-state index contributed by atoms with van der Waals surface area (Å²) < 4.78 is 6.31. The van der Waals surface area contributed by atoms with E-state index in [-0.39, 0.29) is 6.17 Å². The van der Waals surface area contributed by atoms with Gasteiger partial charge in [-0.05, 0) is 50.9 Å². The van der Waals surface area contributed by atoms with Gasteiger partial charge < -0.3 is 9.73 Å². The Kier molecular flexibility index (Phi) is 5.81. The quantitative estimate of drug-likeness (QED) is 0.226. The van der Waals surface area contributed by atoms with Crippen LogP contribution < -0.4 is 5.32 Å². The second kappa shape index (κ2) is 10.3. The maximum Gasteiger partial charge on any atom is 0.227 e. The van der Waals surface area contributed by atoms with Crippen molar-refractivity contribution < 1.29 is 4.42 Å². The molecule has 5 nitrogen and oxygen atoms in total. The molecule has 0 amide bonds. The van der Waals surface area contributed by atoms with Crippen molar-refractivity contribution in [3.63, 3.8) is 0 Å². The van der Waals surface area contributed by atoms with Crippen LogP contribution in [0.4, 0.5) is 0 Å². The zero-order chi connectivity index (χ0) is 29.7. The smallest absolute Gasteiger partial charge is 0.227 e. The third kappa shape index (κ3) is 4.28. The number of nitrogens with zero attached hydrogens (tertiary/aromatic N) is 3. The summed E-state index contributed by atoms with van der Waals surface area (Å²) in [6, 6.07) is 48.2. The van der Waals surface area contributed by atoms with Gasteiger partial charge in [0, 0.05) is 28.3 Å². The van der Waals surface area contributed by atoms with E-state index in [9.17, 15) is 0 Å². The third-order valence-electron chi connectivity index (χ3n) is 8.60. The van der Waals surface area contributed by atoms with Gasteiger partial charge in [-0.25, -0.2) is 15.0 Å². The van der Waals surface area contributed by atoms with Gasteiger partial charge in [-0.15, -0.1) is 0 Å². The van der Waals surface area contributed by atoms with E-state index in [1.165, 1.54) is 5.39 Å². The highest BCUT2D eigenvalue weighted by molar-refractivity contribution is 6.17. The Balaban J connectivity index is 1.23. The molecule has 0 fully saturated rings. The molecule has 6 aromatic carbocycles. The van der Waals surface area contributed by atoms with Crippen LogP contribution in [0.15, 0.2) is 160 Å². The van der Waals surface area contributed by atoms with Crippen LogP contribution in [0.3, 0.4) is 0 Å². The van der Waals surface area contributed by atoms with Crippen molar-refractivity contribution in [1.29, 1.82) is 0 Å². The summed E-state index contributed by atoms with van der Waals surface area (Å²) in [7, 11) is 0. The summed E-state index contributed by atoms with van der Waals surface area (Å²) in [6.07, 6.45) is 1.51. The molecular weight excluding hydrogens is 552 g/mol. The fourth-order valence-electron chi connectivity index (χ4n) is 6.47. The predicted molar refractivity (Wildman–Crippen MR) is 184 cm³/mol. The van der Waals surface area contributed by atoms with Gasteiger partial charge in [0.05, 0.1) is 5.39 Å². The fourth-order valence-corrected chi connectivity index (χ4v) is 6.47.